The number of nitrogens with one attached hydrogen (secondary N) is 2. The zero-order valence-corrected chi connectivity index (χ0v) is 12.8. The maximum absolute atomic E-state index is 11.8. The zero-order valence-electron chi connectivity index (χ0n) is 12.8. The third-order valence-electron chi connectivity index (χ3n) is 3.42. The lowest BCUT2D eigenvalue weighted by molar-refractivity contribution is 0.238. The Labute approximate surface area is 121 Å². The molecule has 0 radical (unpaired) electrons. The van der Waals surface area contributed by atoms with Gasteiger partial charge in [0.2, 0.25) is 0 Å². The summed E-state index contributed by atoms with van der Waals surface area (Å²) in [6.07, 6.45) is 1.10. The SMILES string of the molecule is CCC(C)N(C)CCNC(=O)Nc1cccc(OC)c1. The van der Waals surface area contributed by atoms with Crippen LogP contribution in [0.25, 0.3) is 0 Å². The molecule has 0 saturated heterocycles. The number of likely N-dealkylation sites (N-methyl/N-ethyl adjacent to an activating group) is 1. The number of hydrogen-bond donors (Lipinski definition) is 2. The van der Waals surface area contributed by atoms with E-state index in [0.29, 0.717) is 12.6 Å². The molecule has 0 aliphatic heterocycles. The summed E-state index contributed by atoms with van der Waals surface area (Å²) in [6.45, 7) is 5.79. The maximum atomic E-state index is 11.8. The van der Waals surface area contributed by atoms with Gasteiger partial charge in [-0.2, -0.15) is 0 Å². The first-order valence-corrected chi connectivity index (χ1v) is 6.96. The number of ether oxygens (including phenoxy) is 1. The molecule has 2 amide bonds. The first-order chi connectivity index (χ1) is 9.56. The molecule has 0 aromatic heterocycles. The summed E-state index contributed by atoms with van der Waals surface area (Å²) >= 11 is 0. The van der Waals surface area contributed by atoms with E-state index in [2.05, 4.69) is 36.4 Å². The largest absolute Gasteiger partial charge is 0.497 e. The van der Waals surface area contributed by atoms with E-state index in [-0.39, 0.29) is 6.03 Å². The van der Waals surface area contributed by atoms with Crippen molar-refractivity contribution >= 4 is 11.7 Å². The molecule has 0 spiro atoms. The lowest BCUT2D eigenvalue weighted by Gasteiger charge is -2.23. The van der Waals surface area contributed by atoms with Gasteiger partial charge in [0.05, 0.1) is 7.11 Å². The third kappa shape index (κ3) is 5.48. The van der Waals surface area contributed by atoms with Crippen LogP contribution >= 0.6 is 0 Å². The summed E-state index contributed by atoms with van der Waals surface area (Å²) in [5.74, 6) is 0.722. The van der Waals surface area contributed by atoms with Gasteiger partial charge in [-0.25, -0.2) is 4.79 Å². The minimum absolute atomic E-state index is 0.198. The minimum atomic E-state index is -0.198. The lowest BCUT2D eigenvalue weighted by Crippen LogP contribution is -2.38. The molecule has 1 unspecified atom stereocenters. The van der Waals surface area contributed by atoms with Crippen LogP contribution in [0.2, 0.25) is 0 Å². The van der Waals surface area contributed by atoms with Gasteiger partial charge in [-0.15, -0.1) is 0 Å². The molecule has 1 atom stereocenters. The number of anilines is 1. The quantitative estimate of drug-likeness (QED) is 0.806. The molecule has 20 heavy (non-hydrogen) atoms. The van der Waals surface area contributed by atoms with Crippen LogP contribution in [0.4, 0.5) is 10.5 Å². The van der Waals surface area contributed by atoms with E-state index in [0.717, 1.165) is 24.4 Å². The molecular formula is C15H25N3O2. The smallest absolute Gasteiger partial charge is 0.319 e. The van der Waals surface area contributed by atoms with E-state index in [1.54, 1.807) is 13.2 Å². The van der Waals surface area contributed by atoms with Crippen molar-refractivity contribution in [2.24, 2.45) is 0 Å². The summed E-state index contributed by atoms with van der Waals surface area (Å²) in [5, 5.41) is 5.63. The van der Waals surface area contributed by atoms with Crippen LogP contribution in [-0.2, 0) is 0 Å². The Bertz CT molecular complexity index is 423. The van der Waals surface area contributed by atoms with Crippen molar-refractivity contribution in [2.45, 2.75) is 26.3 Å². The molecule has 0 bridgehead atoms. The number of methoxy groups -OCH3 is 1. The van der Waals surface area contributed by atoms with Crippen molar-refractivity contribution in [2.75, 3.05) is 32.6 Å². The summed E-state index contributed by atoms with van der Waals surface area (Å²) in [4.78, 5) is 14.0. The van der Waals surface area contributed by atoms with E-state index >= 15 is 0 Å². The molecule has 5 heteroatoms. The van der Waals surface area contributed by atoms with Gasteiger partial charge in [0, 0.05) is 30.9 Å². The number of benzene rings is 1. The number of carbonyl (C=O) groups is 1. The zero-order chi connectivity index (χ0) is 15.0. The van der Waals surface area contributed by atoms with Gasteiger partial charge in [0.1, 0.15) is 5.75 Å². The van der Waals surface area contributed by atoms with Gasteiger partial charge < -0.3 is 20.3 Å². The van der Waals surface area contributed by atoms with Crippen LogP contribution in [0.5, 0.6) is 5.75 Å². The van der Waals surface area contributed by atoms with E-state index in [9.17, 15) is 4.79 Å². The Hall–Kier alpha value is -1.75. The Morgan fingerprint density at radius 1 is 1.45 bits per heavy atom. The molecule has 0 heterocycles. The van der Waals surface area contributed by atoms with E-state index in [4.69, 9.17) is 4.74 Å². The highest BCUT2D eigenvalue weighted by Gasteiger charge is 2.07. The van der Waals surface area contributed by atoms with Crippen molar-refractivity contribution in [3.63, 3.8) is 0 Å². The van der Waals surface area contributed by atoms with Gasteiger partial charge in [-0.05, 0) is 32.5 Å². The fourth-order valence-electron chi connectivity index (χ4n) is 1.75. The normalized spacial score (nSPS) is 12.1. The molecule has 1 aromatic carbocycles. The highest BCUT2D eigenvalue weighted by atomic mass is 16.5. The van der Waals surface area contributed by atoms with Gasteiger partial charge in [0.15, 0.2) is 0 Å². The Balaban J connectivity index is 2.33. The van der Waals surface area contributed by atoms with Gasteiger partial charge in [-0.3, -0.25) is 0 Å². The van der Waals surface area contributed by atoms with E-state index in [1.165, 1.54) is 0 Å². The van der Waals surface area contributed by atoms with Crippen molar-refractivity contribution in [1.82, 2.24) is 10.2 Å². The molecule has 5 nitrogen and oxygen atoms in total. The second-order valence-electron chi connectivity index (χ2n) is 4.85. The molecular weight excluding hydrogens is 254 g/mol. The number of hydrogen-bond acceptors (Lipinski definition) is 3. The fraction of sp³-hybridized carbons (Fsp3) is 0.533. The molecule has 0 aliphatic carbocycles. The van der Waals surface area contributed by atoms with Gasteiger partial charge in [-0.1, -0.05) is 13.0 Å². The number of carbonyl (C=O) groups excluding carboxylic acids is 1. The molecule has 112 valence electrons. The average Bonchev–Trinajstić information content (AvgIpc) is 2.46. The van der Waals surface area contributed by atoms with Crippen LogP contribution < -0.4 is 15.4 Å². The number of nitrogens with zero attached hydrogens (tertiary/aromatic N) is 1. The molecule has 0 aliphatic rings. The molecule has 1 rings (SSSR count). The summed E-state index contributed by atoms with van der Waals surface area (Å²) < 4.78 is 5.11. The van der Waals surface area contributed by atoms with Crippen molar-refractivity contribution < 1.29 is 9.53 Å². The van der Waals surface area contributed by atoms with E-state index in [1.807, 2.05) is 18.2 Å². The number of rotatable bonds is 7. The molecule has 0 fully saturated rings. The van der Waals surface area contributed by atoms with Crippen LogP contribution in [0.3, 0.4) is 0 Å². The van der Waals surface area contributed by atoms with Crippen LogP contribution in [0, 0.1) is 0 Å². The summed E-state index contributed by atoms with van der Waals surface area (Å²) in [5.41, 5.74) is 0.720. The highest BCUT2D eigenvalue weighted by molar-refractivity contribution is 5.89. The van der Waals surface area contributed by atoms with Crippen molar-refractivity contribution in [1.29, 1.82) is 0 Å². The fourth-order valence-corrected chi connectivity index (χ4v) is 1.75. The molecule has 2 N–H and O–H groups in total. The molecule has 0 saturated carbocycles. The third-order valence-corrected chi connectivity index (χ3v) is 3.42. The first-order valence-electron chi connectivity index (χ1n) is 6.96. The minimum Gasteiger partial charge on any atom is -0.497 e. The Morgan fingerprint density at radius 2 is 2.20 bits per heavy atom. The van der Waals surface area contributed by atoms with Crippen molar-refractivity contribution in [3.8, 4) is 5.75 Å². The second kappa shape index (κ2) is 8.43. The standard InChI is InChI=1S/C15H25N3O2/c1-5-12(2)18(3)10-9-16-15(19)17-13-7-6-8-14(11-13)20-4/h6-8,11-12H,5,9-10H2,1-4H3,(H2,16,17,19). The number of urea groups is 1. The summed E-state index contributed by atoms with van der Waals surface area (Å²) in [6, 6.07) is 7.61. The average molecular weight is 279 g/mol. The molecule has 1 aromatic rings. The van der Waals surface area contributed by atoms with Crippen LogP contribution in [0.1, 0.15) is 20.3 Å². The predicted octanol–water partition coefficient (Wildman–Crippen LogP) is 2.55. The topological polar surface area (TPSA) is 53.6 Å². The lowest BCUT2D eigenvalue weighted by atomic mass is 10.2. The predicted molar refractivity (Wildman–Crippen MR) is 82.4 cm³/mol. The monoisotopic (exact) mass is 279 g/mol. The second-order valence-corrected chi connectivity index (χ2v) is 4.85. The highest BCUT2D eigenvalue weighted by Crippen LogP contribution is 2.16. The Kier molecular flexibility index (Phi) is 6.87. The van der Waals surface area contributed by atoms with Gasteiger partial charge in [0.25, 0.3) is 0 Å². The van der Waals surface area contributed by atoms with Crippen molar-refractivity contribution in [3.05, 3.63) is 24.3 Å². The number of amides is 2. The van der Waals surface area contributed by atoms with Crippen LogP contribution in [0.15, 0.2) is 24.3 Å². The van der Waals surface area contributed by atoms with Crippen LogP contribution in [-0.4, -0.2) is 44.2 Å². The Morgan fingerprint density at radius 3 is 2.85 bits per heavy atom. The summed E-state index contributed by atoms with van der Waals surface area (Å²) in [7, 11) is 3.67. The first kappa shape index (κ1) is 16.3. The van der Waals surface area contributed by atoms with E-state index < -0.39 is 0 Å². The maximum Gasteiger partial charge on any atom is 0.319 e. The van der Waals surface area contributed by atoms with Gasteiger partial charge >= 0.3 is 6.03 Å².